The molecule has 40 heavy (non-hydrogen) atoms. The van der Waals surface area contributed by atoms with E-state index in [2.05, 4.69) is 5.32 Å². The molecule has 0 aliphatic rings. The SMILES string of the molecule is CCOc1ccccc1N(CC(=O)N(Cc1c(Cl)cccc1Cl)C(CC)C(=O)NC)S(=O)(=O)c1ccc(Cl)cc1. The van der Waals surface area contributed by atoms with Crippen molar-refractivity contribution in [1.29, 1.82) is 0 Å². The largest absolute Gasteiger partial charge is 0.492 e. The summed E-state index contributed by atoms with van der Waals surface area (Å²) < 4.78 is 34.7. The van der Waals surface area contributed by atoms with Crippen LogP contribution >= 0.6 is 34.8 Å². The van der Waals surface area contributed by atoms with Crippen LogP contribution in [0.5, 0.6) is 5.75 Å². The fourth-order valence-corrected chi connectivity index (χ4v) is 6.20. The minimum atomic E-state index is -4.29. The van der Waals surface area contributed by atoms with Crippen molar-refractivity contribution >= 4 is 62.3 Å². The molecule has 0 aliphatic heterocycles. The lowest BCUT2D eigenvalue weighted by atomic mass is 10.1. The number of benzene rings is 3. The van der Waals surface area contributed by atoms with Crippen LogP contribution in [0.1, 0.15) is 25.8 Å². The number of nitrogens with one attached hydrogen (secondary N) is 1. The van der Waals surface area contributed by atoms with Crippen LogP contribution in [0.15, 0.2) is 71.6 Å². The lowest BCUT2D eigenvalue weighted by Gasteiger charge is -2.33. The molecule has 0 saturated carbocycles. The van der Waals surface area contributed by atoms with Crippen molar-refractivity contribution in [3.63, 3.8) is 0 Å². The van der Waals surface area contributed by atoms with E-state index in [0.717, 1.165) is 4.31 Å². The van der Waals surface area contributed by atoms with Gasteiger partial charge in [0.05, 0.1) is 17.2 Å². The Morgan fingerprint density at radius 2 is 1.55 bits per heavy atom. The van der Waals surface area contributed by atoms with Crippen molar-refractivity contribution < 1.29 is 22.7 Å². The molecular weight excluding hydrogens is 597 g/mol. The van der Waals surface area contributed by atoms with Crippen molar-refractivity contribution in [1.82, 2.24) is 10.2 Å². The van der Waals surface area contributed by atoms with Crippen molar-refractivity contribution in [2.75, 3.05) is 24.5 Å². The number of ether oxygens (including phenoxy) is 1. The Balaban J connectivity index is 2.15. The van der Waals surface area contributed by atoms with Crippen LogP contribution in [0.3, 0.4) is 0 Å². The van der Waals surface area contributed by atoms with Crippen molar-refractivity contribution in [3.05, 3.63) is 87.4 Å². The Morgan fingerprint density at radius 3 is 2.12 bits per heavy atom. The molecule has 0 aliphatic carbocycles. The Labute approximate surface area is 249 Å². The van der Waals surface area contributed by atoms with Gasteiger partial charge in [0.2, 0.25) is 11.8 Å². The number of halogens is 3. The maximum atomic E-state index is 14.1. The second-order valence-corrected chi connectivity index (χ2v) is 11.7. The highest BCUT2D eigenvalue weighted by Gasteiger charge is 2.35. The van der Waals surface area contributed by atoms with E-state index >= 15 is 0 Å². The van der Waals surface area contributed by atoms with Gasteiger partial charge >= 0.3 is 0 Å². The minimum Gasteiger partial charge on any atom is -0.492 e. The van der Waals surface area contributed by atoms with Crippen LogP contribution in [0.2, 0.25) is 15.1 Å². The van der Waals surface area contributed by atoms with Crippen LogP contribution in [0.25, 0.3) is 0 Å². The van der Waals surface area contributed by atoms with Gasteiger partial charge < -0.3 is 15.0 Å². The second-order valence-electron chi connectivity index (χ2n) is 8.63. The zero-order valence-electron chi connectivity index (χ0n) is 22.2. The first-order chi connectivity index (χ1) is 19.0. The molecule has 3 aromatic rings. The first-order valence-corrected chi connectivity index (χ1v) is 15.1. The molecule has 0 heterocycles. The summed E-state index contributed by atoms with van der Waals surface area (Å²) in [5.74, 6) is -0.787. The number of nitrogens with zero attached hydrogens (tertiary/aromatic N) is 2. The van der Waals surface area contributed by atoms with E-state index in [1.807, 2.05) is 0 Å². The number of anilines is 1. The quantitative estimate of drug-likeness (QED) is 0.274. The molecule has 1 atom stereocenters. The number of carbonyl (C=O) groups is 2. The lowest BCUT2D eigenvalue weighted by Crippen LogP contribution is -2.51. The summed E-state index contributed by atoms with van der Waals surface area (Å²) >= 11 is 18.8. The summed E-state index contributed by atoms with van der Waals surface area (Å²) in [7, 11) is -2.83. The minimum absolute atomic E-state index is 0.0740. The van der Waals surface area contributed by atoms with Crippen LogP contribution < -0.4 is 14.4 Å². The summed E-state index contributed by atoms with van der Waals surface area (Å²) in [5.41, 5.74) is 0.597. The van der Waals surface area contributed by atoms with Crippen LogP contribution in [0, 0.1) is 0 Å². The van der Waals surface area contributed by atoms with Crippen LogP contribution in [-0.2, 0) is 26.2 Å². The Kier molecular flexibility index (Phi) is 11.1. The lowest BCUT2D eigenvalue weighted by molar-refractivity contribution is -0.140. The topological polar surface area (TPSA) is 96.0 Å². The van der Waals surface area contributed by atoms with E-state index in [1.54, 1.807) is 56.3 Å². The molecule has 8 nitrogen and oxygen atoms in total. The molecule has 12 heteroatoms. The van der Waals surface area contributed by atoms with Gasteiger partial charge in [-0.3, -0.25) is 13.9 Å². The van der Waals surface area contributed by atoms with Gasteiger partial charge in [0.15, 0.2) is 0 Å². The molecule has 0 saturated heterocycles. The zero-order valence-corrected chi connectivity index (χ0v) is 25.3. The smallest absolute Gasteiger partial charge is 0.264 e. The molecule has 0 aromatic heterocycles. The van der Waals surface area contributed by atoms with E-state index in [1.165, 1.54) is 36.2 Å². The van der Waals surface area contributed by atoms with E-state index in [0.29, 0.717) is 20.6 Å². The van der Waals surface area contributed by atoms with Gasteiger partial charge in [-0.2, -0.15) is 0 Å². The number of amides is 2. The Bertz CT molecular complexity index is 1430. The normalized spacial score (nSPS) is 11.9. The predicted molar refractivity (Wildman–Crippen MR) is 159 cm³/mol. The third-order valence-corrected chi connectivity index (χ3v) is 8.87. The Morgan fingerprint density at radius 1 is 0.925 bits per heavy atom. The molecule has 0 spiro atoms. The molecule has 1 N–H and O–H groups in total. The van der Waals surface area contributed by atoms with Gasteiger partial charge in [-0.05, 0) is 61.9 Å². The number of carbonyl (C=O) groups excluding carboxylic acids is 2. The molecule has 3 aromatic carbocycles. The van der Waals surface area contributed by atoms with Crippen molar-refractivity contribution in [2.24, 2.45) is 0 Å². The predicted octanol–water partition coefficient (Wildman–Crippen LogP) is 5.79. The average molecular weight is 627 g/mol. The summed E-state index contributed by atoms with van der Waals surface area (Å²) in [4.78, 5) is 28.1. The molecule has 3 rings (SSSR count). The summed E-state index contributed by atoms with van der Waals surface area (Å²) in [5, 5.41) is 3.55. The van der Waals surface area contributed by atoms with Crippen molar-refractivity contribution in [2.45, 2.75) is 37.8 Å². The second kappa shape index (κ2) is 14.1. The number of rotatable bonds is 12. The van der Waals surface area contributed by atoms with Crippen LogP contribution in [0.4, 0.5) is 5.69 Å². The fourth-order valence-electron chi connectivity index (χ4n) is 4.13. The highest BCUT2D eigenvalue weighted by molar-refractivity contribution is 7.92. The maximum Gasteiger partial charge on any atom is 0.264 e. The Hall–Kier alpha value is -2.98. The fraction of sp³-hybridized carbons (Fsp3) is 0.286. The van der Waals surface area contributed by atoms with Gasteiger partial charge in [0, 0.05) is 34.2 Å². The summed E-state index contributed by atoms with van der Waals surface area (Å²) in [6, 6.07) is 16.1. The molecule has 2 amide bonds. The van der Waals surface area contributed by atoms with Crippen LogP contribution in [-0.4, -0.2) is 51.4 Å². The number of sulfonamides is 1. The third-order valence-electron chi connectivity index (χ3n) is 6.14. The van der Waals surface area contributed by atoms with Gasteiger partial charge in [-0.25, -0.2) is 8.42 Å². The monoisotopic (exact) mass is 625 g/mol. The highest BCUT2D eigenvalue weighted by atomic mass is 35.5. The number of hydrogen-bond donors (Lipinski definition) is 1. The van der Waals surface area contributed by atoms with Gasteiger partial charge in [-0.15, -0.1) is 0 Å². The van der Waals surface area contributed by atoms with E-state index in [-0.39, 0.29) is 35.9 Å². The van der Waals surface area contributed by atoms with Gasteiger partial charge in [-0.1, -0.05) is 59.9 Å². The molecule has 0 radical (unpaired) electrons. The van der Waals surface area contributed by atoms with E-state index in [4.69, 9.17) is 39.5 Å². The van der Waals surface area contributed by atoms with Gasteiger partial charge in [0.1, 0.15) is 18.3 Å². The summed E-state index contributed by atoms with van der Waals surface area (Å²) in [6.45, 7) is 3.03. The zero-order chi connectivity index (χ0) is 29.4. The average Bonchev–Trinajstić information content (AvgIpc) is 2.93. The van der Waals surface area contributed by atoms with Gasteiger partial charge in [0.25, 0.3) is 10.0 Å². The first kappa shape index (κ1) is 31.5. The molecule has 0 fully saturated rings. The molecule has 214 valence electrons. The third kappa shape index (κ3) is 7.20. The highest BCUT2D eigenvalue weighted by Crippen LogP contribution is 2.34. The molecular formula is C28H30Cl3N3O5S. The van der Waals surface area contributed by atoms with E-state index < -0.39 is 34.4 Å². The number of likely N-dealkylation sites (N-methyl/N-ethyl adjacent to an activating group) is 1. The van der Waals surface area contributed by atoms with E-state index in [9.17, 15) is 18.0 Å². The number of hydrogen-bond acceptors (Lipinski definition) is 5. The number of para-hydroxylation sites is 2. The molecule has 1 unspecified atom stereocenters. The summed E-state index contributed by atoms with van der Waals surface area (Å²) in [6.07, 6.45) is 0.257. The standard InChI is InChI=1S/C28H30Cl3N3O5S/c1-4-24(28(36)32-3)33(17-21-22(30)9-8-10-23(21)31)27(35)18-34(25-11-6-7-12-26(25)39-5-2)40(37,38)20-15-13-19(29)14-16-20/h6-16,24H,4-5,17-18H2,1-3H3,(H,32,36). The van der Waals surface area contributed by atoms with Crippen molar-refractivity contribution in [3.8, 4) is 5.75 Å². The maximum absolute atomic E-state index is 14.1. The first-order valence-electron chi connectivity index (χ1n) is 12.5. The molecule has 0 bridgehead atoms.